The number of alkyl halides is 3. The lowest BCUT2D eigenvalue weighted by Gasteiger charge is -2.34. The van der Waals surface area contributed by atoms with Crippen LogP contribution in [-0.4, -0.2) is 48.1 Å². The van der Waals surface area contributed by atoms with Crippen molar-refractivity contribution in [2.45, 2.75) is 38.4 Å². The zero-order chi connectivity index (χ0) is 23.8. The maximum absolute atomic E-state index is 13.5. The monoisotopic (exact) mass is 478 g/mol. The molecule has 174 valence electrons. The molecule has 1 aromatic carbocycles. The number of nitriles is 1. The first-order valence-electron chi connectivity index (χ1n) is 10.6. The van der Waals surface area contributed by atoms with E-state index in [4.69, 9.17) is 16.9 Å². The second-order valence-electron chi connectivity index (χ2n) is 8.11. The van der Waals surface area contributed by atoms with E-state index in [0.29, 0.717) is 50.3 Å². The van der Waals surface area contributed by atoms with E-state index in [1.165, 1.54) is 24.0 Å². The van der Waals surface area contributed by atoms with E-state index >= 15 is 0 Å². The van der Waals surface area contributed by atoms with Crippen molar-refractivity contribution in [3.63, 3.8) is 0 Å². The number of benzene rings is 1. The second-order valence-corrected chi connectivity index (χ2v) is 8.45. The van der Waals surface area contributed by atoms with Crippen LogP contribution in [0, 0.1) is 18.3 Å². The summed E-state index contributed by atoms with van der Waals surface area (Å²) >= 11 is 6.19. The van der Waals surface area contributed by atoms with Crippen molar-refractivity contribution in [1.29, 1.82) is 5.26 Å². The van der Waals surface area contributed by atoms with Crippen LogP contribution in [0.4, 0.5) is 24.7 Å². The molecule has 2 aromatic rings. The summed E-state index contributed by atoms with van der Waals surface area (Å²) in [5.41, 5.74) is 0.158. The maximum Gasteiger partial charge on any atom is 0.416 e. The molecule has 1 fully saturated rings. The van der Waals surface area contributed by atoms with E-state index in [2.05, 4.69) is 21.4 Å². The quantitative estimate of drug-likeness (QED) is 0.676. The summed E-state index contributed by atoms with van der Waals surface area (Å²) in [5, 5.41) is 12.2. The number of nitrogens with one attached hydrogen (secondary N) is 1. The van der Waals surface area contributed by atoms with Crippen molar-refractivity contribution >= 4 is 29.0 Å². The van der Waals surface area contributed by atoms with Crippen LogP contribution >= 0.6 is 11.6 Å². The highest BCUT2D eigenvalue weighted by atomic mass is 35.5. The average molecular weight is 479 g/mol. The van der Waals surface area contributed by atoms with Gasteiger partial charge in [-0.15, -0.1) is 0 Å². The number of carbonyl (C=O) groups excluding carboxylic acids is 1. The average Bonchev–Trinajstić information content (AvgIpc) is 2.92. The Bertz CT molecular complexity index is 1120. The van der Waals surface area contributed by atoms with Crippen molar-refractivity contribution in [2.75, 3.05) is 36.0 Å². The lowest BCUT2D eigenvalue weighted by atomic mass is 10.0. The lowest BCUT2D eigenvalue weighted by Crippen LogP contribution is -2.51. The summed E-state index contributed by atoms with van der Waals surface area (Å²) in [4.78, 5) is 25.4. The highest BCUT2D eigenvalue weighted by Gasteiger charge is 2.36. The van der Waals surface area contributed by atoms with E-state index < -0.39 is 17.6 Å². The third-order valence-corrected chi connectivity index (χ3v) is 6.18. The van der Waals surface area contributed by atoms with Crippen molar-refractivity contribution < 1.29 is 18.0 Å². The minimum Gasteiger partial charge on any atom is -0.353 e. The van der Waals surface area contributed by atoms with E-state index in [0.717, 1.165) is 6.07 Å². The summed E-state index contributed by atoms with van der Waals surface area (Å²) in [7, 11) is 0. The molecule has 1 saturated heterocycles. The number of piperazine rings is 1. The molecule has 0 bridgehead atoms. The van der Waals surface area contributed by atoms with Gasteiger partial charge in [0, 0.05) is 43.5 Å². The number of amides is 1. The van der Waals surface area contributed by atoms with Gasteiger partial charge in [-0.3, -0.25) is 4.79 Å². The molecule has 0 saturated carbocycles. The van der Waals surface area contributed by atoms with Crippen molar-refractivity contribution in [3.05, 3.63) is 45.9 Å². The fourth-order valence-corrected chi connectivity index (χ4v) is 4.64. The molecule has 1 atom stereocenters. The zero-order valence-corrected chi connectivity index (χ0v) is 18.7. The fraction of sp³-hybridized carbons (Fsp3) is 0.455. The molecule has 33 heavy (non-hydrogen) atoms. The molecule has 2 aliphatic heterocycles. The summed E-state index contributed by atoms with van der Waals surface area (Å²) < 4.78 is 40.3. The maximum atomic E-state index is 13.5. The van der Waals surface area contributed by atoms with Crippen molar-refractivity contribution in [2.24, 2.45) is 0 Å². The van der Waals surface area contributed by atoms with Crippen LogP contribution in [0.2, 0.25) is 5.28 Å². The van der Waals surface area contributed by atoms with E-state index in [1.807, 2.05) is 4.90 Å². The van der Waals surface area contributed by atoms with E-state index in [1.54, 1.807) is 0 Å². The molecule has 0 spiro atoms. The molecule has 7 nitrogen and oxygen atoms in total. The smallest absolute Gasteiger partial charge is 0.353 e. The first-order valence-corrected chi connectivity index (χ1v) is 11.0. The van der Waals surface area contributed by atoms with Crippen LogP contribution < -0.4 is 15.1 Å². The molecule has 1 aromatic heterocycles. The predicted molar refractivity (Wildman–Crippen MR) is 117 cm³/mol. The van der Waals surface area contributed by atoms with Crippen molar-refractivity contribution in [3.8, 4) is 6.07 Å². The third kappa shape index (κ3) is 4.61. The Morgan fingerprint density at radius 1 is 1.30 bits per heavy atom. The number of rotatable bonds is 3. The number of carbonyl (C=O) groups is 1. The Balaban J connectivity index is 1.74. The molecule has 0 radical (unpaired) electrons. The van der Waals surface area contributed by atoms with E-state index in [-0.39, 0.29) is 34.8 Å². The molecule has 1 N–H and O–H groups in total. The fourth-order valence-electron chi connectivity index (χ4n) is 4.48. The number of anilines is 2. The summed E-state index contributed by atoms with van der Waals surface area (Å²) in [6.07, 6.45) is -3.18. The number of halogens is 4. The first-order chi connectivity index (χ1) is 15.7. The Morgan fingerprint density at radius 3 is 2.82 bits per heavy atom. The molecule has 3 heterocycles. The Morgan fingerprint density at radius 2 is 2.09 bits per heavy atom. The molecule has 2 aliphatic rings. The number of hydrogen-bond donors (Lipinski definition) is 1. The van der Waals surface area contributed by atoms with Crippen LogP contribution in [0.25, 0.3) is 0 Å². The summed E-state index contributed by atoms with van der Waals surface area (Å²) in [5.74, 6) is 0.0459. The Kier molecular flexibility index (Phi) is 6.45. The standard InChI is InChI=1S/C22H22ClF3N6O/c1-13-16(22(24,25)26)5-2-6-17(13)32-10-3-4-15-18(20(32)33)29-21(23)30-19(15)31-11-9-28-14(12-31)7-8-27/h2,5-6,14,28H,3-4,7,9-12H2,1H3. The van der Waals surface area contributed by atoms with Gasteiger partial charge in [0.25, 0.3) is 5.91 Å². The SMILES string of the molecule is Cc1c(N2CCCc3c(nc(Cl)nc3N3CCNC(CC#N)C3)C2=O)cccc1C(F)(F)F. The van der Waals surface area contributed by atoms with Gasteiger partial charge < -0.3 is 15.1 Å². The second kappa shape index (κ2) is 9.15. The molecular weight excluding hydrogens is 457 g/mol. The third-order valence-electron chi connectivity index (χ3n) is 6.01. The highest BCUT2D eigenvalue weighted by Crippen LogP contribution is 2.37. The van der Waals surface area contributed by atoms with Gasteiger partial charge in [-0.1, -0.05) is 6.07 Å². The van der Waals surface area contributed by atoms with Gasteiger partial charge in [0.1, 0.15) is 11.5 Å². The van der Waals surface area contributed by atoms with Gasteiger partial charge >= 0.3 is 6.18 Å². The number of fused-ring (bicyclic) bond motifs is 1. The van der Waals surface area contributed by atoms with Crippen LogP contribution in [-0.2, 0) is 12.6 Å². The van der Waals surface area contributed by atoms with Gasteiger partial charge in [0.05, 0.1) is 18.1 Å². The summed E-state index contributed by atoms with van der Waals surface area (Å²) in [6.45, 7) is 3.40. The lowest BCUT2D eigenvalue weighted by molar-refractivity contribution is -0.138. The molecule has 1 unspecified atom stereocenters. The largest absolute Gasteiger partial charge is 0.416 e. The minimum absolute atomic E-state index is 0.0105. The number of nitrogens with zero attached hydrogens (tertiary/aromatic N) is 5. The van der Waals surface area contributed by atoms with Crippen LogP contribution in [0.5, 0.6) is 0 Å². The molecule has 1 amide bonds. The topological polar surface area (TPSA) is 85.2 Å². The van der Waals surface area contributed by atoms with Gasteiger partial charge in [-0.05, 0) is 49.1 Å². The molecule has 11 heteroatoms. The van der Waals surface area contributed by atoms with E-state index in [9.17, 15) is 18.0 Å². The Labute approximate surface area is 194 Å². The molecule has 4 rings (SSSR count). The van der Waals surface area contributed by atoms with Gasteiger partial charge in [-0.25, -0.2) is 9.97 Å². The first kappa shape index (κ1) is 23.3. The minimum atomic E-state index is -4.52. The predicted octanol–water partition coefficient (Wildman–Crippen LogP) is 3.74. The normalized spacial score (nSPS) is 19.2. The highest BCUT2D eigenvalue weighted by molar-refractivity contribution is 6.28. The number of hydrogen-bond acceptors (Lipinski definition) is 6. The van der Waals surface area contributed by atoms with Gasteiger partial charge in [-0.2, -0.15) is 18.4 Å². The Hall–Kier alpha value is -2.90. The van der Waals surface area contributed by atoms with Crippen molar-refractivity contribution in [1.82, 2.24) is 15.3 Å². The van der Waals surface area contributed by atoms with Crippen LogP contribution in [0.15, 0.2) is 18.2 Å². The summed E-state index contributed by atoms with van der Waals surface area (Å²) in [6, 6.07) is 5.94. The van der Waals surface area contributed by atoms with Crippen LogP contribution in [0.3, 0.4) is 0 Å². The number of aromatic nitrogens is 2. The van der Waals surface area contributed by atoms with Crippen LogP contribution in [0.1, 0.15) is 40.0 Å². The zero-order valence-electron chi connectivity index (χ0n) is 17.9. The molecule has 0 aliphatic carbocycles. The molecular formula is C22H22ClF3N6O. The van der Waals surface area contributed by atoms with Gasteiger partial charge in [0.15, 0.2) is 0 Å². The van der Waals surface area contributed by atoms with Gasteiger partial charge in [0.2, 0.25) is 5.28 Å².